The highest BCUT2D eigenvalue weighted by Crippen LogP contribution is 2.29. The van der Waals surface area contributed by atoms with Gasteiger partial charge in [-0.15, -0.1) is 11.8 Å². The summed E-state index contributed by atoms with van der Waals surface area (Å²) in [6.45, 7) is 1.95. The molecule has 0 aliphatic carbocycles. The van der Waals surface area contributed by atoms with Crippen molar-refractivity contribution in [2.75, 3.05) is 12.9 Å². The number of esters is 1. The molecule has 0 saturated heterocycles. The van der Waals surface area contributed by atoms with Gasteiger partial charge < -0.3 is 10.1 Å². The second-order valence-corrected chi connectivity index (χ2v) is 5.11. The molecule has 0 heterocycles. The zero-order valence-corrected chi connectivity index (χ0v) is 13.3. The topological polar surface area (TPSA) is 62.1 Å². The van der Waals surface area contributed by atoms with Gasteiger partial charge in [0.05, 0.1) is 17.2 Å². The Morgan fingerprint density at radius 3 is 2.39 bits per heavy atom. The quantitative estimate of drug-likeness (QED) is 0.486. The number of carbonyl (C=O) groups excluding carboxylic acids is 1. The largest absolute Gasteiger partial charge is 0.462 e. The van der Waals surface area contributed by atoms with E-state index in [0.29, 0.717) is 10.6 Å². The van der Waals surface area contributed by atoms with Gasteiger partial charge in [-0.1, -0.05) is 12.1 Å². The molecule has 23 heavy (non-hydrogen) atoms. The van der Waals surface area contributed by atoms with E-state index in [9.17, 15) is 18.0 Å². The highest BCUT2D eigenvalue weighted by molar-refractivity contribution is 8.02. The smallest absolute Gasteiger partial charge is 0.416 e. The first-order valence-electron chi connectivity index (χ1n) is 6.59. The van der Waals surface area contributed by atoms with Crippen molar-refractivity contribution in [3.8, 4) is 6.07 Å². The van der Waals surface area contributed by atoms with Gasteiger partial charge in [0.25, 0.3) is 0 Å². The molecule has 0 fully saturated rings. The minimum absolute atomic E-state index is 0.143. The van der Waals surface area contributed by atoms with Gasteiger partial charge in [-0.3, -0.25) is 0 Å². The summed E-state index contributed by atoms with van der Waals surface area (Å²) in [6.07, 6.45) is -2.71. The van der Waals surface area contributed by atoms with Crippen LogP contribution in [0.2, 0.25) is 0 Å². The minimum Gasteiger partial charge on any atom is -0.462 e. The molecule has 0 saturated carbocycles. The number of nitrogens with one attached hydrogen (secondary N) is 1. The number of benzene rings is 1. The third kappa shape index (κ3) is 5.53. The normalized spacial score (nSPS) is 12.2. The molecule has 0 aliphatic heterocycles. The van der Waals surface area contributed by atoms with Gasteiger partial charge in [-0.25, -0.2) is 4.79 Å². The molecule has 0 radical (unpaired) electrons. The predicted molar refractivity (Wildman–Crippen MR) is 81.1 cm³/mol. The van der Waals surface area contributed by atoms with Crippen molar-refractivity contribution in [2.45, 2.75) is 19.6 Å². The zero-order chi connectivity index (χ0) is 17.5. The van der Waals surface area contributed by atoms with Crippen LogP contribution in [0.5, 0.6) is 0 Å². The van der Waals surface area contributed by atoms with Gasteiger partial charge in [0.1, 0.15) is 6.07 Å². The summed E-state index contributed by atoms with van der Waals surface area (Å²) >= 11 is 1.15. The van der Waals surface area contributed by atoms with Crippen LogP contribution in [0, 0.1) is 11.3 Å². The molecule has 0 atom stereocenters. The van der Waals surface area contributed by atoms with Crippen molar-refractivity contribution in [3.05, 3.63) is 46.0 Å². The third-order valence-electron chi connectivity index (χ3n) is 2.76. The number of nitriles is 1. The number of nitrogens with zero attached hydrogens (tertiary/aromatic N) is 1. The van der Waals surface area contributed by atoms with E-state index in [1.165, 1.54) is 12.1 Å². The first-order chi connectivity index (χ1) is 10.8. The van der Waals surface area contributed by atoms with Crippen LogP contribution in [0.25, 0.3) is 0 Å². The number of hydrogen-bond acceptors (Lipinski definition) is 5. The molecule has 0 unspecified atom stereocenters. The molecule has 0 aromatic heterocycles. The Hall–Kier alpha value is -2.14. The Bertz CT molecular complexity index is 619. The standard InChI is InChI=1S/C15H15F3N2O2S/c1-3-22-14(21)12(8-19)13(23-2)20-9-10-4-6-11(7-5-10)15(16,17)18/h4-7,20H,3,9H2,1-2H3/b13-12-. The van der Waals surface area contributed by atoms with E-state index < -0.39 is 17.7 Å². The molecule has 8 heteroatoms. The Balaban J connectivity index is 2.85. The monoisotopic (exact) mass is 344 g/mol. The lowest BCUT2D eigenvalue weighted by Crippen LogP contribution is -2.17. The number of thioether (sulfide) groups is 1. The first-order valence-corrected chi connectivity index (χ1v) is 7.81. The molecular weight excluding hydrogens is 329 g/mol. The summed E-state index contributed by atoms with van der Waals surface area (Å²) in [5.41, 5.74) is -0.303. The molecule has 0 spiro atoms. The van der Waals surface area contributed by atoms with Gasteiger partial charge in [0.15, 0.2) is 5.57 Å². The SMILES string of the molecule is CCOC(=O)/C(C#N)=C(/NCc1ccc(C(F)(F)F)cc1)SC. The highest BCUT2D eigenvalue weighted by atomic mass is 32.2. The summed E-state index contributed by atoms with van der Waals surface area (Å²) in [5, 5.41) is 12.2. The second-order valence-electron chi connectivity index (χ2n) is 4.29. The van der Waals surface area contributed by atoms with Crippen LogP contribution in [0.3, 0.4) is 0 Å². The lowest BCUT2D eigenvalue weighted by molar-refractivity contribution is -0.138. The van der Waals surface area contributed by atoms with Crippen LogP contribution >= 0.6 is 11.8 Å². The zero-order valence-electron chi connectivity index (χ0n) is 12.5. The lowest BCUT2D eigenvalue weighted by Gasteiger charge is -2.12. The molecule has 0 bridgehead atoms. The maximum Gasteiger partial charge on any atom is 0.416 e. The van der Waals surface area contributed by atoms with E-state index in [1.807, 2.05) is 0 Å². The average molecular weight is 344 g/mol. The van der Waals surface area contributed by atoms with Gasteiger partial charge in [0, 0.05) is 6.54 Å². The predicted octanol–water partition coefficient (Wildman–Crippen LogP) is 3.46. The van der Waals surface area contributed by atoms with Gasteiger partial charge >= 0.3 is 12.1 Å². The molecule has 4 nitrogen and oxygen atoms in total. The Labute approximate surface area is 136 Å². The molecule has 1 N–H and O–H groups in total. The lowest BCUT2D eigenvalue weighted by atomic mass is 10.1. The van der Waals surface area contributed by atoms with E-state index in [0.717, 1.165) is 23.9 Å². The van der Waals surface area contributed by atoms with Gasteiger partial charge in [-0.05, 0) is 30.9 Å². The van der Waals surface area contributed by atoms with E-state index in [2.05, 4.69) is 5.32 Å². The fraction of sp³-hybridized carbons (Fsp3) is 0.333. The Morgan fingerprint density at radius 2 is 1.96 bits per heavy atom. The fourth-order valence-corrected chi connectivity index (χ4v) is 2.20. The summed E-state index contributed by atoms with van der Waals surface area (Å²) in [5.74, 6) is -0.737. The van der Waals surface area contributed by atoms with Gasteiger partial charge in [0.2, 0.25) is 0 Å². The number of halogens is 3. The molecular formula is C15H15F3N2O2S. The van der Waals surface area contributed by atoms with E-state index in [1.54, 1.807) is 19.2 Å². The van der Waals surface area contributed by atoms with Crippen molar-refractivity contribution >= 4 is 17.7 Å². The van der Waals surface area contributed by atoms with Crippen LogP contribution in [0.4, 0.5) is 13.2 Å². The summed E-state index contributed by atoms with van der Waals surface area (Å²) in [4.78, 5) is 11.7. The summed E-state index contributed by atoms with van der Waals surface area (Å²) in [7, 11) is 0. The number of hydrogen-bond donors (Lipinski definition) is 1. The Kier molecular flexibility index (Phi) is 6.97. The highest BCUT2D eigenvalue weighted by Gasteiger charge is 2.29. The maximum absolute atomic E-state index is 12.5. The van der Waals surface area contributed by atoms with Crippen molar-refractivity contribution in [3.63, 3.8) is 0 Å². The van der Waals surface area contributed by atoms with Crippen LogP contribution in [-0.4, -0.2) is 18.8 Å². The number of alkyl halides is 3. The molecule has 124 valence electrons. The summed E-state index contributed by atoms with van der Waals surface area (Å²) in [6, 6.07) is 6.42. The molecule has 1 aromatic carbocycles. The number of carbonyl (C=O) groups is 1. The van der Waals surface area contributed by atoms with Crippen molar-refractivity contribution in [1.29, 1.82) is 5.26 Å². The number of ether oxygens (including phenoxy) is 1. The Morgan fingerprint density at radius 1 is 1.35 bits per heavy atom. The first kappa shape index (κ1) is 18.9. The minimum atomic E-state index is -4.38. The van der Waals surface area contributed by atoms with Crippen molar-refractivity contribution < 1.29 is 22.7 Å². The number of rotatable bonds is 6. The molecule has 1 rings (SSSR count). The third-order valence-corrected chi connectivity index (χ3v) is 3.51. The van der Waals surface area contributed by atoms with Crippen molar-refractivity contribution in [1.82, 2.24) is 5.32 Å². The van der Waals surface area contributed by atoms with Crippen molar-refractivity contribution in [2.24, 2.45) is 0 Å². The summed E-state index contributed by atoms with van der Waals surface area (Å²) < 4.78 is 42.2. The maximum atomic E-state index is 12.5. The van der Waals surface area contributed by atoms with E-state index in [-0.39, 0.29) is 18.7 Å². The fourth-order valence-electron chi connectivity index (χ4n) is 1.65. The molecule has 1 aromatic rings. The van der Waals surface area contributed by atoms with Gasteiger partial charge in [-0.2, -0.15) is 18.4 Å². The van der Waals surface area contributed by atoms with E-state index >= 15 is 0 Å². The average Bonchev–Trinajstić information content (AvgIpc) is 2.51. The molecule has 0 aliphatic rings. The van der Waals surface area contributed by atoms with Crippen LogP contribution in [0.1, 0.15) is 18.1 Å². The van der Waals surface area contributed by atoms with Crippen LogP contribution < -0.4 is 5.32 Å². The molecule has 0 amide bonds. The van der Waals surface area contributed by atoms with E-state index in [4.69, 9.17) is 10.00 Å². The van der Waals surface area contributed by atoms with Crippen LogP contribution in [0.15, 0.2) is 34.9 Å². The second kappa shape index (κ2) is 8.48. The van der Waals surface area contributed by atoms with Crippen LogP contribution in [-0.2, 0) is 22.3 Å².